The smallest absolute Gasteiger partial charge is 0.323 e. The highest BCUT2D eigenvalue weighted by molar-refractivity contribution is 7.72. The summed E-state index contributed by atoms with van der Waals surface area (Å²) >= 11 is 10.5. The Kier molecular flexibility index (Phi) is 6.24. The van der Waals surface area contributed by atoms with Gasteiger partial charge in [0.25, 0.3) is 0 Å². The van der Waals surface area contributed by atoms with E-state index in [1.165, 1.54) is 5.56 Å². The quantitative estimate of drug-likeness (QED) is 0.269. The zero-order valence-electron chi connectivity index (χ0n) is 18.1. The lowest BCUT2D eigenvalue weighted by Gasteiger charge is -2.31. The van der Waals surface area contributed by atoms with Gasteiger partial charge in [-0.2, -0.15) is 0 Å². The highest BCUT2D eigenvalue weighted by atomic mass is 32.1. The van der Waals surface area contributed by atoms with Crippen LogP contribution in [0.5, 0.6) is 0 Å². The van der Waals surface area contributed by atoms with Crippen molar-refractivity contribution in [2.75, 3.05) is 15.5 Å². The van der Waals surface area contributed by atoms with Crippen LogP contribution in [0.3, 0.4) is 0 Å². The number of amides is 2. The molecule has 0 saturated carbocycles. The van der Waals surface area contributed by atoms with Gasteiger partial charge >= 0.3 is 6.03 Å². The first-order valence-electron chi connectivity index (χ1n) is 10.8. The van der Waals surface area contributed by atoms with Gasteiger partial charge in [0.2, 0.25) is 0 Å². The number of aromatic nitrogens is 4. The zero-order chi connectivity index (χ0) is 23.5. The molecule has 0 atom stereocenters. The second-order valence-corrected chi connectivity index (χ2v) is 8.61. The Labute approximate surface area is 206 Å². The third-order valence-electron chi connectivity index (χ3n) is 5.51. The number of nitrogens with zero attached hydrogens (tertiary/aromatic N) is 3. The van der Waals surface area contributed by atoms with Crippen LogP contribution in [-0.2, 0) is 13.0 Å². The van der Waals surface area contributed by atoms with Gasteiger partial charge in [-0.05, 0) is 91.4 Å². The average molecular weight is 489 g/mol. The van der Waals surface area contributed by atoms with Crippen molar-refractivity contribution in [1.82, 2.24) is 19.7 Å². The molecule has 1 aliphatic heterocycles. The fourth-order valence-corrected chi connectivity index (χ4v) is 4.55. The molecule has 0 saturated heterocycles. The number of carbonyl (C=O) groups is 1. The molecule has 1 radical (unpaired) electrons. The summed E-state index contributed by atoms with van der Waals surface area (Å²) in [5, 5.41) is 11.4. The van der Waals surface area contributed by atoms with Crippen LogP contribution in [0.4, 0.5) is 21.9 Å². The molecular weight excluding hydrogens is 466 g/mol. The minimum Gasteiger partial charge on any atom is -0.360 e. The van der Waals surface area contributed by atoms with Crippen molar-refractivity contribution in [3.63, 3.8) is 0 Å². The van der Waals surface area contributed by atoms with Crippen molar-refractivity contribution in [3.8, 4) is 5.69 Å². The standard InChI is InChI=1S/C24H22N7OS2/c32-22(26-17-7-3-8-20(14-17)31-23(33)28-29-24(31)34)27-18-9-10-21-16(13-18)5-4-12-30(21)15-19-6-1-2-11-25-19/h1-3,6-14H,4-5,15H2,(H,28,33)(H,29,34)(H2,26,27,32). The van der Waals surface area contributed by atoms with Gasteiger partial charge in [0.1, 0.15) is 0 Å². The predicted molar refractivity (Wildman–Crippen MR) is 138 cm³/mol. The third kappa shape index (κ3) is 4.78. The minimum atomic E-state index is -0.326. The van der Waals surface area contributed by atoms with Gasteiger partial charge in [-0.15, -0.1) is 0 Å². The van der Waals surface area contributed by atoms with Crippen molar-refractivity contribution in [2.45, 2.75) is 19.4 Å². The molecule has 4 N–H and O–H groups in total. The van der Waals surface area contributed by atoms with E-state index >= 15 is 0 Å². The van der Waals surface area contributed by atoms with Crippen LogP contribution in [0.15, 0.2) is 66.9 Å². The Morgan fingerprint density at radius 3 is 2.53 bits per heavy atom. The molecule has 0 bridgehead atoms. The van der Waals surface area contributed by atoms with Gasteiger partial charge in [0, 0.05) is 23.3 Å². The molecule has 0 fully saturated rings. The molecule has 3 heterocycles. The molecule has 171 valence electrons. The maximum atomic E-state index is 12.7. The molecular formula is C24H22N7OS2. The molecule has 0 unspecified atom stereocenters. The zero-order valence-corrected chi connectivity index (χ0v) is 19.7. The second-order valence-electron chi connectivity index (χ2n) is 7.84. The summed E-state index contributed by atoms with van der Waals surface area (Å²) in [7, 11) is 0. The van der Waals surface area contributed by atoms with E-state index in [0.29, 0.717) is 21.8 Å². The average Bonchev–Trinajstić information content (AvgIpc) is 3.17. The van der Waals surface area contributed by atoms with Crippen molar-refractivity contribution in [1.29, 1.82) is 0 Å². The Hall–Kier alpha value is -3.76. The van der Waals surface area contributed by atoms with Crippen molar-refractivity contribution < 1.29 is 4.79 Å². The van der Waals surface area contributed by atoms with Gasteiger partial charge in [-0.25, -0.2) is 4.79 Å². The molecule has 34 heavy (non-hydrogen) atoms. The van der Waals surface area contributed by atoms with E-state index in [0.717, 1.165) is 35.6 Å². The Morgan fingerprint density at radius 2 is 1.76 bits per heavy atom. The number of urea groups is 1. The van der Waals surface area contributed by atoms with Crippen LogP contribution in [-0.4, -0.2) is 25.8 Å². The number of anilines is 3. The fraction of sp³-hybridized carbons (Fsp3) is 0.125. The molecule has 5 rings (SSSR count). The number of pyridine rings is 1. The number of carbonyl (C=O) groups excluding carboxylic acids is 1. The summed E-state index contributed by atoms with van der Waals surface area (Å²) in [5.41, 5.74) is 5.45. The summed E-state index contributed by atoms with van der Waals surface area (Å²) in [6, 6.07) is 18.9. The lowest BCUT2D eigenvalue weighted by Crippen LogP contribution is -2.25. The Morgan fingerprint density at radius 1 is 0.971 bits per heavy atom. The van der Waals surface area contributed by atoms with Gasteiger partial charge in [-0.1, -0.05) is 12.1 Å². The van der Waals surface area contributed by atoms with E-state index in [9.17, 15) is 4.79 Å². The number of nitrogens with one attached hydrogen (secondary N) is 4. The van der Waals surface area contributed by atoms with Gasteiger partial charge < -0.3 is 15.5 Å². The van der Waals surface area contributed by atoms with E-state index < -0.39 is 0 Å². The number of H-pyrrole nitrogens is 2. The van der Waals surface area contributed by atoms with Crippen LogP contribution in [0.1, 0.15) is 17.7 Å². The lowest BCUT2D eigenvalue weighted by molar-refractivity contribution is 0.262. The van der Waals surface area contributed by atoms with Crippen LogP contribution < -0.4 is 15.5 Å². The van der Waals surface area contributed by atoms with E-state index in [-0.39, 0.29) is 6.03 Å². The minimum absolute atomic E-state index is 0.326. The number of benzene rings is 2. The van der Waals surface area contributed by atoms with Crippen LogP contribution >= 0.6 is 24.4 Å². The molecule has 2 aromatic heterocycles. The summed E-state index contributed by atoms with van der Waals surface area (Å²) in [6.45, 7) is 2.92. The van der Waals surface area contributed by atoms with Crippen LogP contribution in [0, 0.1) is 16.1 Å². The molecule has 8 nitrogen and oxygen atoms in total. The summed E-state index contributed by atoms with van der Waals surface area (Å²) in [4.78, 5) is 19.3. The first-order chi connectivity index (χ1) is 16.6. The number of hydrogen-bond acceptors (Lipinski definition) is 5. The number of fused-ring (bicyclic) bond motifs is 1. The molecule has 4 aromatic rings. The maximum Gasteiger partial charge on any atom is 0.323 e. The van der Waals surface area contributed by atoms with Crippen LogP contribution in [0.2, 0.25) is 0 Å². The molecule has 1 aliphatic rings. The van der Waals surface area contributed by atoms with Crippen molar-refractivity contribution in [2.24, 2.45) is 0 Å². The highest BCUT2D eigenvalue weighted by Crippen LogP contribution is 2.32. The van der Waals surface area contributed by atoms with E-state index in [4.69, 9.17) is 24.4 Å². The summed E-state index contributed by atoms with van der Waals surface area (Å²) in [6.07, 6.45) is 3.67. The molecule has 0 spiro atoms. The van der Waals surface area contributed by atoms with E-state index in [2.05, 4.69) is 37.3 Å². The Bertz CT molecular complexity index is 1410. The second kappa shape index (κ2) is 9.62. The van der Waals surface area contributed by atoms with Crippen molar-refractivity contribution in [3.05, 3.63) is 94.2 Å². The van der Waals surface area contributed by atoms with E-state index in [1.54, 1.807) is 4.57 Å². The predicted octanol–water partition coefficient (Wildman–Crippen LogP) is 5.75. The van der Waals surface area contributed by atoms with Gasteiger partial charge in [0.05, 0.1) is 24.5 Å². The fourth-order valence-electron chi connectivity index (χ4n) is 4.00. The number of aromatic amines is 2. The molecule has 10 heteroatoms. The largest absolute Gasteiger partial charge is 0.360 e. The molecule has 2 aromatic carbocycles. The first kappa shape index (κ1) is 22.1. The topological polar surface area (TPSA) is 93.8 Å². The first-order valence-corrected chi connectivity index (χ1v) is 11.6. The summed E-state index contributed by atoms with van der Waals surface area (Å²) in [5.74, 6) is 0. The SMILES string of the molecule is O=C(Nc1cccc(-n2c(=S)[nH][nH]c2=S)c1)Nc1ccc2c(c1)CC[CH]N2Cc1ccccn1. The Balaban J connectivity index is 1.28. The normalized spacial score (nSPS) is 12.8. The number of aryl methyl sites for hydroxylation is 1. The highest BCUT2D eigenvalue weighted by Gasteiger charge is 2.18. The van der Waals surface area contributed by atoms with E-state index in [1.807, 2.05) is 66.9 Å². The third-order valence-corrected chi connectivity index (χ3v) is 6.08. The lowest BCUT2D eigenvalue weighted by atomic mass is 10.0. The van der Waals surface area contributed by atoms with Gasteiger partial charge in [-0.3, -0.25) is 19.7 Å². The van der Waals surface area contributed by atoms with Gasteiger partial charge in [0.15, 0.2) is 9.54 Å². The number of rotatable bonds is 5. The van der Waals surface area contributed by atoms with Crippen molar-refractivity contribution >= 4 is 47.5 Å². The summed E-state index contributed by atoms with van der Waals surface area (Å²) < 4.78 is 2.59. The molecule has 0 aliphatic carbocycles. The number of hydrogen-bond donors (Lipinski definition) is 4. The maximum absolute atomic E-state index is 12.7. The van der Waals surface area contributed by atoms with Crippen LogP contribution in [0.25, 0.3) is 5.69 Å². The molecule has 2 amide bonds. The monoisotopic (exact) mass is 488 g/mol.